The molecular weight excluding hydrogens is 759 g/mol. The van der Waals surface area contributed by atoms with Gasteiger partial charge in [0.25, 0.3) is 5.56 Å². The molecule has 6 nitrogen and oxygen atoms in total. The lowest BCUT2D eigenvalue weighted by molar-refractivity contribution is 0.661. The minimum absolute atomic E-state index is 0.192. The van der Waals surface area contributed by atoms with Crippen LogP contribution in [0.3, 0.4) is 0 Å². The van der Waals surface area contributed by atoms with Crippen LogP contribution in [0.5, 0.6) is 0 Å². The number of pyridine rings is 1. The lowest BCUT2D eigenvalue weighted by Crippen LogP contribution is -2.21. The van der Waals surface area contributed by atoms with E-state index < -0.39 is 0 Å². The van der Waals surface area contributed by atoms with E-state index in [9.17, 15) is 0 Å². The van der Waals surface area contributed by atoms with Crippen molar-refractivity contribution in [2.75, 3.05) is 0 Å². The molecule has 0 N–H and O–H groups in total. The van der Waals surface area contributed by atoms with E-state index in [1.807, 2.05) is 66.7 Å². The first kappa shape index (κ1) is 34.7. The van der Waals surface area contributed by atoms with Crippen LogP contribution in [0.2, 0.25) is 0 Å². The molecule has 292 valence electrons. The average Bonchev–Trinajstić information content (AvgIpc) is 3.90. The standard InChI is InChI=1S/C56H37N5O/c1-56(2)44-32-49-42(37-24-12-15-27-46(37)59(49)35-20-8-4-9-21-35)30-40(44)41-31-43-38-25-13-16-28-47(38)61(50(43)33-45(41)56)55-57-52(34-18-6-3-7-19-34)51-39-26-14-17-29-48(39)60(54(62)53(51)58-55)36-22-10-5-11-23-36/h3-33H,1-2H3. The predicted molar refractivity (Wildman–Crippen MR) is 254 cm³/mol. The molecule has 1 aliphatic carbocycles. The van der Waals surface area contributed by atoms with Crippen molar-refractivity contribution in [3.05, 3.63) is 210 Å². The van der Waals surface area contributed by atoms with Crippen LogP contribution in [0, 0.1) is 0 Å². The Balaban J connectivity index is 1.11. The van der Waals surface area contributed by atoms with Crippen LogP contribution in [0.1, 0.15) is 25.0 Å². The molecule has 0 amide bonds. The number of nitrogens with zero attached hydrogens (tertiary/aromatic N) is 5. The molecule has 0 atom stereocenters. The number of aromatic nitrogens is 5. The molecule has 6 heteroatoms. The molecule has 0 saturated heterocycles. The summed E-state index contributed by atoms with van der Waals surface area (Å²) in [7, 11) is 0. The maximum atomic E-state index is 15.1. The van der Waals surface area contributed by atoms with Gasteiger partial charge in [0, 0.05) is 54.7 Å². The van der Waals surface area contributed by atoms with E-state index in [0.29, 0.717) is 11.5 Å². The van der Waals surface area contributed by atoms with E-state index in [1.54, 1.807) is 4.57 Å². The Morgan fingerprint density at radius 3 is 1.45 bits per heavy atom. The molecule has 4 heterocycles. The zero-order valence-electron chi connectivity index (χ0n) is 34.0. The summed E-state index contributed by atoms with van der Waals surface area (Å²) < 4.78 is 6.36. The van der Waals surface area contributed by atoms with E-state index in [2.05, 4.69) is 144 Å². The second-order valence-electron chi connectivity index (χ2n) is 17.0. The van der Waals surface area contributed by atoms with Gasteiger partial charge in [-0.15, -0.1) is 0 Å². The summed E-state index contributed by atoms with van der Waals surface area (Å²) in [6, 6.07) is 65.6. The number of hydrogen-bond donors (Lipinski definition) is 0. The third kappa shape index (κ3) is 4.72. The van der Waals surface area contributed by atoms with Gasteiger partial charge in [0.1, 0.15) is 5.52 Å². The van der Waals surface area contributed by atoms with Gasteiger partial charge in [0.05, 0.1) is 33.3 Å². The number of para-hydroxylation sites is 5. The van der Waals surface area contributed by atoms with E-state index in [1.165, 1.54) is 44.1 Å². The van der Waals surface area contributed by atoms with Crippen LogP contribution in [-0.2, 0) is 5.41 Å². The van der Waals surface area contributed by atoms with Gasteiger partial charge in [0.2, 0.25) is 5.95 Å². The van der Waals surface area contributed by atoms with Crippen molar-refractivity contribution >= 4 is 65.4 Å². The Kier molecular flexibility index (Phi) is 7.12. The summed E-state index contributed by atoms with van der Waals surface area (Å²) in [6.07, 6.45) is 0. The molecule has 0 radical (unpaired) electrons. The van der Waals surface area contributed by atoms with E-state index in [-0.39, 0.29) is 11.0 Å². The number of hydrogen-bond acceptors (Lipinski definition) is 3. The molecule has 0 unspecified atom stereocenters. The van der Waals surface area contributed by atoms with E-state index in [0.717, 1.165) is 60.7 Å². The van der Waals surface area contributed by atoms with Crippen LogP contribution in [0.4, 0.5) is 0 Å². The quantitative estimate of drug-likeness (QED) is 0.167. The Hall–Kier alpha value is -8.09. The lowest BCUT2D eigenvalue weighted by atomic mass is 9.82. The lowest BCUT2D eigenvalue weighted by Gasteiger charge is -2.22. The molecule has 0 aliphatic heterocycles. The summed E-state index contributed by atoms with van der Waals surface area (Å²) in [5.74, 6) is 0.455. The fourth-order valence-electron chi connectivity index (χ4n) is 10.4. The molecule has 8 aromatic carbocycles. The van der Waals surface area contributed by atoms with Gasteiger partial charge < -0.3 is 4.57 Å². The van der Waals surface area contributed by atoms with Crippen LogP contribution in [0.25, 0.3) is 105 Å². The molecule has 13 rings (SSSR count). The zero-order valence-corrected chi connectivity index (χ0v) is 34.0. The zero-order chi connectivity index (χ0) is 41.3. The van der Waals surface area contributed by atoms with Crippen molar-refractivity contribution in [1.29, 1.82) is 0 Å². The highest BCUT2D eigenvalue weighted by Crippen LogP contribution is 2.53. The van der Waals surface area contributed by atoms with Crippen molar-refractivity contribution in [3.8, 4) is 39.7 Å². The minimum atomic E-state index is -0.325. The summed E-state index contributed by atoms with van der Waals surface area (Å²) in [5.41, 5.74) is 13.6. The molecule has 0 saturated carbocycles. The van der Waals surface area contributed by atoms with Gasteiger partial charge >= 0.3 is 0 Å². The van der Waals surface area contributed by atoms with Crippen molar-refractivity contribution in [1.82, 2.24) is 23.7 Å². The Labute approximate surface area is 356 Å². The van der Waals surface area contributed by atoms with Crippen molar-refractivity contribution < 1.29 is 0 Å². The molecule has 1 aliphatic rings. The fraction of sp³-hybridized carbons (Fsp3) is 0.0536. The highest BCUT2D eigenvalue weighted by atomic mass is 16.1. The minimum Gasteiger partial charge on any atom is -0.309 e. The molecule has 0 bridgehead atoms. The largest absolute Gasteiger partial charge is 0.309 e. The Morgan fingerprint density at radius 1 is 0.419 bits per heavy atom. The van der Waals surface area contributed by atoms with Crippen molar-refractivity contribution in [2.45, 2.75) is 19.3 Å². The van der Waals surface area contributed by atoms with Gasteiger partial charge in [-0.05, 0) is 89.0 Å². The first-order valence-electron chi connectivity index (χ1n) is 21.1. The second-order valence-corrected chi connectivity index (χ2v) is 17.0. The molecule has 0 fully saturated rings. The van der Waals surface area contributed by atoms with E-state index >= 15 is 4.79 Å². The first-order valence-corrected chi connectivity index (χ1v) is 21.1. The smallest absolute Gasteiger partial charge is 0.282 e. The Morgan fingerprint density at radius 2 is 0.871 bits per heavy atom. The van der Waals surface area contributed by atoms with Gasteiger partial charge in [-0.3, -0.25) is 13.9 Å². The maximum absolute atomic E-state index is 15.1. The van der Waals surface area contributed by atoms with Crippen molar-refractivity contribution in [3.63, 3.8) is 0 Å². The van der Waals surface area contributed by atoms with Crippen LogP contribution in [-0.4, -0.2) is 23.7 Å². The summed E-state index contributed by atoms with van der Waals surface area (Å²) in [5, 5.41) is 6.34. The Bertz CT molecular complexity index is 3900. The van der Waals surface area contributed by atoms with Gasteiger partial charge in [0.15, 0.2) is 0 Å². The maximum Gasteiger partial charge on any atom is 0.282 e. The third-order valence-corrected chi connectivity index (χ3v) is 13.3. The highest BCUT2D eigenvalue weighted by Gasteiger charge is 2.38. The summed E-state index contributed by atoms with van der Waals surface area (Å²) >= 11 is 0. The number of fused-ring (bicyclic) bond motifs is 12. The molecule has 62 heavy (non-hydrogen) atoms. The third-order valence-electron chi connectivity index (χ3n) is 13.3. The van der Waals surface area contributed by atoms with Gasteiger partial charge in [-0.1, -0.05) is 135 Å². The summed E-state index contributed by atoms with van der Waals surface area (Å²) in [4.78, 5) is 25.9. The fourth-order valence-corrected chi connectivity index (χ4v) is 10.4. The molecule has 12 aromatic rings. The molecule has 4 aromatic heterocycles. The molecular formula is C56H37N5O. The highest BCUT2D eigenvalue weighted by molar-refractivity contribution is 6.15. The van der Waals surface area contributed by atoms with Crippen LogP contribution >= 0.6 is 0 Å². The predicted octanol–water partition coefficient (Wildman–Crippen LogP) is 13.1. The first-order chi connectivity index (χ1) is 30.5. The van der Waals surface area contributed by atoms with Crippen molar-refractivity contribution in [2.24, 2.45) is 0 Å². The summed E-state index contributed by atoms with van der Waals surface area (Å²) in [6.45, 7) is 4.68. The van der Waals surface area contributed by atoms with Crippen LogP contribution < -0.4 is 5.56 Å². The number of rotatable bonds is 4. The SMILES string of the molecule is CC1(C)c2cc3c(cc2-c2cc4c5ccccc5n(-c5nc(-c6ccccc6)c6c(n5)c(=O)n(-c5ccccc5)c5ccccc65)c4cc21)c1ccccc1n3-c1ccccc1. The monoisotopic (exact) mass is 795 g/mol. The molecule has 0 spiro atoms. The van der Waals surface area contributed by atoms with Gasteiger partial charge in [-0.2, -0.15) is 0 Å². The van der Waals surface area contributed by atoms with Crippen LogP contribution in [0.15, 0.2) is 193 Å². The topological polar surface area (TPSA) is 57.6 Å². The normalized spacial score (nSPS) is 13.2. The van der Waals surface area contributed by atoms with E-state index in [4.69, 9.17) is 9.97 Å². The number of benzene rings is 8. The second kappa shape index (κ2) is 12.7. The average molecular weight is 796 g/mol. The van der Waals surface area contributed by atoms with Gasteiger partial charge in [-0.25, -0.2) is 9.97 Å².